The van der Waals surface area contributed by atoms with Gasteiger partial charge in [0.15, 0.2) is 0 Å². The number of nitrogens with one attached hydrogen (secondary N) is 1. The van der Waals surface area contributed by atoms with E-state index in [-0.39, 0.29) is 12.0 Å². The maximum absolute atomic E-state index is 12.3. The molecule has 0 saturated carbocycles. The van der Waals surface area contributed by atoms with Gasteiger partial charge >= 0.3 is 0 Å². The highest BCUT2D eigenvalue weighted by Crippen LogP contribution is 2.42. The molecular formula is C23H21ClN2O4. The fourth-order valence-corrected chi connectivity index (χ4v) is 3.79. The van der Waals surface area contributed by atoms with Crippen LogP contribution in [0, 0.1) is 0 Å². The first-order valence-electron chi connectivity index (χ1n) is 9.48. The number of rotatable bonds is 6. The number of hydrogen-bond donors (Lipinski definition) is 1. The van der Waals surface area contributed by atoms with Gasteiger partial charge in [-0.05, 0) is 48.0 Å². The lowest BCUT2D eigenvalue weighted by molar-refractivity contribution is 0.0933. The smallest absolute Gasteiger partial charge is 0.251 e. The number of pyridine rings is 1. The third-order valence-corrected chi connectivity index (χ3v) is 5.28. The standard InChI is InChI=1S/C23H21ClN2O4/c1-28-17-3-4-21(29-2)19(12-17)15-9-16-10-18(30-22(16)20(24)11-15)13-26-23(27)14-5-7-25-8-6-14/h3-9,11-12,18H,10,13H2,1-2H3,(H,26,27). The Morgan fingerprint density at radius 3 is 2.70 bits per heavy atom. The Hall–Kier alpha value is -3.25. The largest absolute Gasteiger partial charge is 0.497 e. The molecule has 0 bridgehead atoms. The third kappa shape index (κ3) is 4.04. The second-order valence-corrected chi connectivity index (χ2v) is 7.31. The van der Waals surface area contributed by atoms with Crippen molar-refractivity contribution in [1.29, 1.82) is 0 Å². The van der Waals surface area contributed by atoms with E-state index >= 15 is 0 Å². The van der Waals surface area contributed by atoms with Crippen LogP contribution >= 0.6 is 11.6 Å². The zero-order chi connectivity index (χ0) is 21.1. The van der Waals surface area contributed by atoms with E-state index < -0.39 is 0 Å². The molecule has 1 aromatic heterocycles. The van der Waals surface area contributed by atoms with Crippen molar-refractivity contribution < 1.29 is 19.0 Å². The molecule has 7 heteroatoms. The molecular weight excluding hydrogens is 404 g/mol. The first-order valence-corrected chi connectivity index (χ1v) is 9.86. The monoisotopic (exact) mass is 424 g/mol. The van der Waals surface area contributed by atoms with E-state index in [1.807, 2.05) is 30.3 Å². The summed E-state index contributed by atoms with van der Waals surface area (Å²) in [7, 11) is 3.25. The minimum Gasteiger partial charge on any atom is -0.497 e. The van der Waals surface area contributed by atoms with Gasteiger partial charge in [0.25, 0.3) is 5.91 Å². The first-order chi connectivity index (χ1) is 14.6. The molecule has 0 aliphatic carbocycles. The number of ether oxygens (including phenoxy) is 3. The molecule has 2 heterocycles. The van der Waals surface area contributed by atoms with Crippen LogP contribution in [0.5, 0.6) is 17.2 Å². The third-order valence-electron chi connectivity index (χ3n) is 5.00. The van der Waals surface area contributed by atoms with E-state index in [2.05, 4.69) is 10.3 Å². The van der Waals surface area contributed by atoms with Gasteiger partial charge in [-0.25, -0.2) is 0 Å². The van der Waals surface area contributed by atoms with E-state index in [1.54, 1.807) is 38.7 Å². The summed E-state index contributed by atoms with van der Waals surface area (Å²) in [6, 6.07) is 12.9. The molecule has 0 saturated heterocycles. The Morgan fingerprint density at radius 2 is 1.97 bits per heavy atom. The second-order valence-electron chi connectivity index (χ2n) is 6.90. The van der Waals surface area contributed by atoms with Crippen molar-refractivity contribution in [3.05, 3.63) is 71.0 Å². The maximum Gasteiger partial charge on any atom is 0.251 e. The number of amides is 1. The highest BCUT2D eigenvalue weighted by Gasteiger charge is 2.27. The van der Waals surface area contributed by atoms with Gasteiger partial charge in [-0.3, -0.25) is 9.78 Å². The predicted molar refractivity (Wildman–Crippen MR) is 115 cm³/mol. The van der Waals surface area contributed by atoms with Crippen molar-refractivity contribution in [2.24, 2.45) is 0 Å². The molecule has 1 aliphatic rings. The van der Waals surface area contributed by atoms with E-state index in [0.29, 0.717) is 29.3 Å². The van der Waals surface area contributed by atoms with Crippen LogP contribution in [-0.4, -0.2) is 37.8 Å². The maximum atomic E-state index is 12.3. The molecule has 1 unspecified atom stereocenters. The van der Waals surface area contributed by atoms with Crippen LogP contribution < -0.4 is 19.5 Å². The molecule has 1 amide bonds. The minimum atomic E-state index is -0.189. The summed E-state index contributed by atoms with van der Waals surface area (Å²) in [6.45, 7) is 0.379. The Morgan fingerprint density at radius 1 is 1.17 bits per heavy atom. The number of benzene rings is 2. The zero-order valence-electron chi connectivity index (χ0n) is 16.6. The molecule has 0 radical (unpaired) electrons. The highest BCUT2D eigenvalue weighted by molar-refractivity contribution is 6.32. The zero-order valence-corrected chi connectivity index (χ0v) is 17.4. The van der Waals surface area contributed by atoms with Crippen molar-refractivity contribution in [2.45, 2.75) is 12.5 Å². The number of carbonyl (C=O) groups is 1. The lowest BCUT2D eigenvalue weighted by atomic mass is 9.99. The van der Waals surface area contributed by atoms with Crippen molar-refractivity contribution in [2.75, 3.05) is 20.8 Å². The van der Waals surface area contributed by atoms with Gasteiger partial charge < -0.3 is 19.5 Å². The lowest BCUT2D eigenvalue weighted by Gasteiger charge is -2.13. The van der Waals surface area contributed by atoms with E-state index in [4.69, 9.17) is 25.8 Å². The van der Waals surface area contributed by atoms with Crippen LogP contribution in [0.2, 0.25) is 5.02 Å². The fourth-order valence-electron chi connectivity index (χ4n) is 3.51. The molecule has 0 spiro atoms. The number of aromatic nitrogens is 1. The van der Waals surface area contributed by atoms with E-state index in [9.17, 15) is 4.79 Å². The number of fused-ring (bicyclic) bond motifs is 1. The average Bonchev–Trinajstić information content (AvgIpc) is 3.21. The SMILES string of the molecule is COc1ccc(OC)c(-c2cc(Cl)c3c(c2)CC(CNC(=O)c2ccncc2)O3)c1. The number of hydrogen-bond acceptors (Lipinski definition) is 5. The molecule has 0 fully saturated rings. The summed E-state index contributed by atoms with van der Waals surface area (Å²) >= 11 is 6.53. The number of halogens is 1. The molecule has 1 aliphatic heterocycles. The molecule has 1 N–H and O–H groups in total. The van der Waals surface area contributed by atoms with E-state index in [0.717, 1.165) is 28.2 Å². The molecule has 154 valence electrons. The van der Waals surface area contributed by atoms with Gasteiger partial charge in [0.1, 0.15) is 23.4 Å². The molecule has 2 aromatic carbocycles. The minimum absolute atomic E-state index is 0.162. The van der Waals surface area contributed by atoms with Crippen molar-refractivity contribution in [3.8, 4) is 28.4 Å². The van der Waals surface area contributed by atoms with Crippen LogP contribution in [-0.2, 0) is 6.42 Å². The van der Waals surface area contributed by atoms with Crippen molar-refractivity contribution >= 4 is 17.5 Å². The van der Waals surface area contributed by atoms with Gasteiger partial charge in [0.2, 0.25) is 0 Å². The summed E-state index contributed by atoms with van der Waals surface area (Å²) in [5, 5.41) is 3.43. The van der Waals surface area contributed by atoms with Crippen LogP contribution in [0.4, 0.5) is 0 Å². The van der Waals surface area contributed by atoms with Gasteiger partial charge in [0, 0.05) is 35.5 Å². The Bertz CT molecular complexity index is 1070. The summed E-state index contributed by atoms with van der Waals surface area (Å²) in [6.07, 6.45) is 3.63. The van der Waals surface area contributed by atoms with Gasteiger partial charge in [-0.1, -0.05) is 11.6 Å². The summed E-state index contributed by atoms with van der Waals surface area (Å²) in [4.78, 5) is 16.2. The van der Waals surface area contributed by atoms with Crippen LogP contribution in [0.15, 0.2) is 54.9 Å². The molecule has 30 heavy (non-hydrogen) atoms. The van der Waals surface area contributed by atoms with Crippen molar-refractivity contribution in [1.82, 2.24) is 10.3 Å². The highest BCUT2D eigenvalue weighted by atomic mass is 35.5. The molecule has 4 rings (SSSR count). The van der Waals surface area contributed by atoms with E-state index in [1.165, 1.54) is 0 Å². The predicted octanol–water partition coefficient (Wildman–Crippen LogP) is 4.15. The summed E-state index contributed by atoms with van der Waals surface area (Å²) in [5.41, 5.74) is 3.35. The lowest BCUT2D eigenvalue weighted by Crippen LogP contribution is -2.34. The Balaban J connectivity index is 1.52. The average molecular weight is 425 g/mol. The molecule has 3 aromatic rings. The number of carbonyl (C=O) groups excluding carboxylic acids is 1. The number of methoxy groups -OCH3 is 2. The van der Waals surface area contributed by atoms with Crippen molar-refractivity contribution in [3.63, 3.8) is 0 Å². The van der Waals surface area contributed by atoms with Crippen LogP contribution in [0.1, 0.15) is 15.9 Å². The Kier molecular flexibility index (Phi) is 5.77. The summed E-state index contributed by atoms with van der Waals surface area (Å²) in [5.74, 6) is 1.96. The number of nitrogens with zero attached hydrogens (tertiary/aromatic N) is 1. The fraction of sp³-hybridized carbons (Fsp3) is 0.217. The van der Waals surface area contributed by atoms with Crippen LogP contribution in [0.25, 0.3) is 11.1 Å². The first kappa shape index (κ1) is 20.0. The molecule has 1 atom stereocenters. The quantitative estimate of drug-likeness (QED) is 0.643. The topological polar surface area (TPSA) is 69.7 Å². The normalized spacial score (nSPS) is 14.6. The van der Waals surface area contributed by atoms with Gasteiger partial charge in [-0.2, -0.15) is 0 Å². The Labute approximate surface area is 179 Å². The molecule has 6 nitrogen and oxygen atoms in total. The summed E-state index contributed by atoms with van der Waals surface area (Å²) < 4.78 is 16.9. The van der Waals surface area contributed by atoms with Gasteiger partial charge in [0.05, 0.1) is 25.8 Å². The van der Waals surface area contributed by atoms with Crippen LogP contribution in [0.3, 0.4) is 0 Å². The van der Waals surface area contributed by atoms with Gasteiger partial charge in [-0.15, -0.1) is 0 Å². The second kappa shape index (κ2) is 8.63.